The van der Waals surface area contributed by atoms with Crippen molar-refractivity contribution < 1.29 is 29.5 Å². The summed E-state index contributed by atoms with van der Waals surface area (Å²) in [6.07, 6.45) is -1.21. The molecule has 1 aromatic carbocycles. The molecule has 0 heterocycles. The molecule has 8 nitrogen and oxygen atoms in total. The summed E-state index contributed by atoms with van der Waals surface area (Å²) in [5, 5.41) is 31.6. The molecule has 0 spiro atoms. The van der Waals surface area contributed by atoms with Crippen LogP contribution in [0.1, 0.15) is 29.6 Å². The van der Waals surface area contributed by atoms with Crippen molar-refractivity contribution in [1.82, 2.24) is 0 Å². The monoisotopic (exact) mass is 293 g/mol. The fourth-order valence-electron chi connectivity index (χ4n) is 1.71. The summed E-state index contributed by atoms with van der Waals surface area (Å²) in [6.45, 7) is 0. The van der Waals surface area contributed by atoms with Gasteiger partial charge in [0.15, 0.2) is 5.78 Å². The molecule has 0 saturated heterocycles. The number of nitrogens with zero attached hydrogens (tertiary/aromatic N) is 1. The van der Waals surface area contributed by atoms with Crippen LogP contribution in [0.2, 0.25) is 0 Å². The molecular formula is C13H11NO7-2. The van der Waals surface area contributed by atoms with Crippen molar-refractivity contribution in [2.24, 2.45) is 5.92 Å². The minimum atomic E-state index is -1.52. The average Bonchev–Trinajstić information content (AvgIpc) is 2.42. The smallest absolute Gasteiger partial charge is 0.269 e. The van der Waals surface area contributed by atoms with E-state index in [-0.39, 0.29) is 17.7 Å². The number of carbonyl (C=O) groups is 3. The van der Waals surface area contributed by atoms with Gasteiger partial charge >= 0.3 is 0 Å². The number of nitro groups is 1. The molecular weight excluding hydrogens is 282 g/mol. The molecule has 1 atom stereocenters. The molecule has 0 saturated carbocycles. The Morgan fingerprint density at radius 3 is 2.10 bits per heavy atom. The Morgan fingerprint density at radius 2 is 1.67 bits per heavy atom. The second-order valence-electron chi connectivity index (χ2n) is 4.36. The van der Waals surface area contributed by atoms with Crippen molar-refractivity contribution in [3.8, 4) is 0 Å². The van der Waals surface area contributed by atoms with Crippen molar-refractivity contribution in [3.63, 3.8) is 0 Å². The zero-order chi connectivity index (χ0) is 16.0. The summed E-state index contributed by atoms with van der Waals surface area (Å²) in [6, 6.07) is 4.68. The van der Waals surface area contributed by atoms with Gasteiger partial charge < -0.3 is 19.8 Å². The van der Waals surface area contributed by atoms with Gasteiger partial charge in [-0.25, -0.2) is 0 Å². The molecule has 0 N–H and O–H groups in total. The molecule has 0 aliphatic carbocycles. The molecule has 1 rings (SSSR count). The van der Waals surface area contributed by atoms with Gasteiger partial charge in [0.1, 0.15) is 0 Å². The maximum absolute atomic E-state index is 11.9. The number of aliphatic carboxylic acids is 2. The molecule has 0 aliphatic heterocycles. The van der Waals surface area contributed by atoms with Crippen LogP contribution in [0.4, 0.5) is 5.69 Å². The van der Waals surface area contributed by atoms with Gasteiger partial charge in [-0.2, -0.15) is 0 Å². The Hall–Kier alpha value is -2.77. The molecule has 0 radical (unpaired) electrons. The Morgan fingerprint density at radius 1 is 1.10 bits per heavy atom. The lowest BCUT2D eigenvalue weighted by Crippen LogP contribution is -2.34. The molecule has 0 amide bonds. The van der Waals surface area contributed by atoms with Crippen LogP contribution in [0.25, 0.3) is 0 Å². The molecule has 0 fully saturated rings. The van der Waals surface area contributed by atoms with E-state index in [1.165, 1.54) is 12.1 Å². The van der Waals surface area contributed by atoms with Crippen LogP contribution in [0.3, 0.4) is 0 Å². The van der Waals surface area contributed by atoms with Crippen molar-refractivity contribution in [2.45, 2.75) is 19.3 Å². The fraction of sp³-hybridized carbons (Fsp3) is 0.308. The summed E-state index contributed by atoms with van der Waals surface area (Å²) < 4.78 is 0. The largest absolute Gasteiger partial charge is 0.550 e. The number of nitro benzene ring substituents is 1. The van der Waals surface area contributed by atoms with Gasteiger partial charge in [-0.3, -0.25) is 14.9 Å². The highest BCUT2D eigenvalue weighted by atomic mass is 16.6. The molecule has 0 aliphatic rings. The fourth-order valence-corrected chi connectivity index (χ4v) is 1.71. The maximum atomic E-state index is 11.9. The van der Waals surface area contributed by atoms with Crippen molar-refractivity contribution in [1.29, 1.82) is 0 Å². The first-order chi connectivity index (χ1) is 9.81. The van der Waals surface area contributed by atoms with Gasteiger partial charge in [-0.15, -0.1) is 0 Å². The van der Waals surface area contributed by atoms with Crippen LogP contribution in [-0.4, -0.2) is 22.6 Å². The molecule has 112 valence electrons. The highest BCUT2D eigenvalue weighted by Crippen LogP contribution is 2.17. The van der Waals surface area contributed by atoms with Gasteiger partial charge in [0.25, 0.3) is 5.69 Å². The minimum absolute atomic E-state index is 0.111. The van der Waals surface area contributed by atoms with Gasteiger partial charge in [0.2, 0.25) is 0 Å². The van der Waals surface area contributed by atoms with Gasteiger partial charge in [-0.05, 0) is 25.0 Å². The summed E-state index contributed by atoms with van der Waals surface area (Å²) >= 11 is 0. The van der Waals surface area contributed by atoms with Crippen LogP contribution in [-0.2, 0) is 9.59 Å². The average molecular weight is 293 g/mol. The summed E-state index contributed by atoms with van der Waals surface area (Å²) in [7, 11) is 0. The zero-order valence-corrected chi connectivity index (χ0v) is 10.8. The number of rotatable bonds is 8. The molecule has 21 heavy (non-hydrogen) atoms. The van der Waals surface area contributed by atoms with E-state index in [0.29, 0.717) is 0 Å². The van der Waals surface area contributed by atoms with E-state index in [1.807, 2.05) is 0 Å². The van der Waals surface area contributed by atoms with Crippen LogP contribution < -0.4 is 10.2 Å². The van der Waals surface area contributed by atoms with Gasteiger partial charge in [0, 0.05) is 42.0 Å². The number of ketones is 1. The van der Waals surface area contributed by atoms with Gasteiger partial charge in [-0.1, -0.05) is 0 Å². The van der Waals surface area contributed by atoms with E-state index in [9.17, 15) is 34.7 Å². The van der Waals surface area contributed by atoms with E-state index in [4.69, 9.17) is 0 Å². The number of carboxylic acids is 2. The quantitative estimate of drug-likeness (QED) is 0.342. The topological polar surface area (TPSA) is 140 Å². The van der Waals surface area contributed by atoms with E-state index in [1.54, 1.807) is 0 Å². The predicted molar refractivity (Wildman–Crippen MR) is 64.8 cm³/mol. The summed E-state index contributed by atoms with van der Waals surface area (Å²) in [5.74, 6) is -4.74. The third-order valence-corrected chi connectivity index (χ3v) is 2.86. The lowest BCUT2D eigenvalue weighted by molar-refractivity contribution is -0.384. The molecule has 0 bridgehead atoms. The molecule has 0 aromatic heterocycles. The van der Waals surface area contributed by atoms with E-state index in [0.717, 1.165) is 12.1 Å². The van der Waals surface area contributed by atoms with Crippen LogP contribution in [0, 0.1) is 16.0 Å². The first-order valence-electron chi connectivity index (χ1n) is 5.99. The third kappa shape index (κ3) is 5.01. The second kappa shape index (κ2) is 7.13. The zero-order valence-electron chi connectivity index (χ0n) is 10.8. The third-order valence-electron chi connectivity index (χ3n) is 2.86. The number of Topliss-reactive ketones (excluding diaryl/α,β-unsaturated/α-hetero) is 1. The second-order valence-corrected chi connectivity index (χ2v) is 4.36. The standard InChI is InChI=1S/C13H13NO7/c15-11(7-9(13(18)19)3-6-12(16)17)8-1-4-10(5-2-8)14(20)21/h1-2,4-5,9H,3,6-7H2,(H,16,17)(H,18,19)/p-2. The first kappa shape index (κ1) is 16.3. The first-order valence-corrected chi connectivity index (χ1v) is 5.99. The SMILES string of the molecule is O=C([O-])CCC(CC(=O)c1ccc([N+](=O)[O-])cc1)C(=O)[O-]. The molecule has 1 aromatic rings. The Kier molecular flexibility index (Phi) is 5.53. The number of hydrogen-bond acceptors (Lipinski definition) is 7. The van der Waals surface area contributed by atoms with E-state index >= 15 is 0 Å². The lowest BCUT2D eigenvalue weighted by Gasteiger charge is -2.17. The van der Waals surface area contributed by atoms with Crippen molar-refractivity contribution in [3.05, 3.63) is 39.9 Å². The summed E-state index contributed by atoms with van der Waals surface area (Å²) in [4.78, 5) is 42.9. The normalized spacial score (nSPS) is 11.6. The number of hydrogen-bond donors (Lipinski definition) is 0. The van der Waals surface area contributed by atoms with E-state index < -0.39 is 41.4 Å². The predicted octanol–water partition coefficient (Wildman–Crippen LogP) is -0.936. The maximum Gasteiger partial charge on any atom is 0.269 e. The Labute approximate surface area is 119 Å². The van der Waals surface area contributed by atoms with Crippen LogP contribution in [0.5, 0.6) is 0 Å². The highest BCUT2D eigenvalue weighted by molar-refractivity contribution is 5.98. The molecule has 8 heteroatoms. The summed E-state index contributed by atoms with van der Waals surface area (Å²) in [5.41, 5.74) is -0.0831. The molecule has 1 unspecified atom stereocenters. The van der Waals surface area contributed by atoms with Crippen molar-refractivity contribution in [2.75, 3.05) is 0 Å². The van der Waals surface area contributed by atoms with E-state index in [2.05, 4.69) is 0 Å². The number of benzene rings is 1. The number of carboxylic acid groups (broad SMARTS) is 2. The number of carbonyl (C=O) groups excluding carboxylic acids is 3. The lowest BCUT2D eigenvalue weighted by atomic mass is 9.94. The number of non-ortho nitro benzene ring substituents is 1. The Bertz CT molecular complexity index is 564. The van der Waals surface area contributed by atoms with Crippen LogP contribution >= 0.6 is 0 Å². The minimum Gasteiger partial charge on any atom is -0.550 e. The van der Waals surface area contributed by atoms with Crippen LogP contribution in [0.15, 0.2) is 24.3 Å². The Balaban J connectivity index is 2.74. The van der Waals surface area contributed by atoms with Gasteiger partial charge in [0.05, 0.1) is 4.92 Å². The highest BCUT2D eigenvalue weighted by Gasteiger charge is 2.17. The van der Waals surface area contributed by atoms with Crippen molar-refractivity contribution >= 4 is 23.4 Å².